The molecule has 0 radical (unpaired) electrons. The molecule has 0 atom stereocenters. The van der Waals surface area contributed by atoms with E-state index in [0.717, 1.165) is 22.2 Å². The quantitative estimate of drug-likeness (QED) is 0.130. The molecule has 0 aromatic rings. The zero-order valence-corrected chi connectivity index (χ0v) is 24.5. The van der Waals surface area contributed by atoms with E-state index in [1.165, 1.54) is 3.20 Å². The molecular formula is C19H37I2NO2Si2. The van der Waals surface area contributed by atoms with Gasteiger partial charge in [0, 0.05) is 22.2 Å². The van der Waals surface area contributed by atoms with Gasteiger partial charge in [-0.05, 0) is 63.8 Å². The van der Waals surface area contributed by atoms with Crippen LogP contribution in [0.2, 0.25) is 37.8 Å². The molecule has 152 valence electrons. The van der Waals surface area contributed by atoms with Gasteiger partial charge in [-0.2, -0.15) is 0 Å². The highest BCUT2D eigenvalue weighted by atomic mass is 127. The number of hydrogen-bond acceptors (Lipinski definition) is 2. The van der Waals surface area contributed by atoms with Crippen LogP contribution < -0.4 is 0 Å². The number of rotatable bonds is 8. The zero-order chi connectivity index (χ0) is 20.9. The highest BCUT2D eigenvalue weighted by Gasteiger charge is 2.37. The van der Waals surface area contributed by atoms with Gasteiger partial charge in [-0.25, -0.2) is 0 Å². The summed E-state index contributed by atoms with van der Waals surface area (Å²) >= 11 is 4.73. The van der Waals surface area contributed by atoms with Crippen molar-refractivity contribution in [3.05, 3.63) is 18.4 Å². The fraction of sp³-hybridized carbons (Fsp3) is 0.737. The van der Waals surface area contributed by atoms with E-state index in [4.69, 9.17) is 4.43 Å². The third-order valence-corrected chi connectivity index (χ3v) is 17.0. The van der Waals surface area contributed by atoms with Crippen LogP contribution in [0.5, 0.6) is 0 Å². The summed E-state index contributed by atoms with van der Waals surface area (Å²) < 4.78 is 8.66. The van der Waals surface area contributed by atoms with Crippen LogP contribution in [0.1, 0.15) is 34.6 Å². The van der Waals surface area contributed by atoms with E-state index >= 15 is 0 Å². The third-order valence-electron chi connectivity index (χ3n) is 4.85. The largest absolute Gasteiger partial charge is 0.412 e. The Bertz CT molecular complexity index is 555. The first-order valence-corrected chi connectivity index (χ1v) is 17.8. The predicted molar refractivity (Wildman–Crippen MR) is 138 cm³/mol. The van der Waals surface area contributed by atoms with Gasteiger partial charge in [0.25, 0.3) is 5.91 Å². The average molecular weight is 621 g/mol. The molecule has 0 aliphatic rings. The molecule has 0 heterocycles. The lowest BCUT2D eigenvalue weighted by molar-refractivity contribution is -0.126. The number of amides is 1. The zero-order valence-electron chi connectivity index (χ0n) is 18.2. The van der Waals surface area contributed by atoms with Crippen LogP contribution in [0.4, 0.5) is 0 Å². The summed E-state index contributed by atoms with van der Waals surface area (Å²) in [5, 5.41) is 0.187. The summed E-state index contributed by atoms with van der Waals surface area (Å²) in [7, 11) is -3.37. The molecule has 3 nitrogen and oxygen atoms in total. The number of likely N-dealkylation sites (N-methyl/N-ethyl adjacent to an activating group) is 1. The lowest BCUT2D eigenvalue weighted by Gasteiger charge is -2.36. The third kappa shape index (κ3) is 8.04. The molecule has 0 saturated heterocycles. The fourth-order valence-corrected chi connectivity index (χ4v) is 5.05. The maximum atomic E-state index is 13.1. The second kappa shape index (κ2) is 10.5. The standard InChI is InChI=1S/C19H37I2NO2Si2/c1-11-22(12-2)18(23)16(17(21)25(6,7)8)13-15(20)14-24-26(9,10)19(3,4)5/h13H,11-12,14H2,1-10H3/b15-13-,17-16-. The highest BCUT2D eigenvalue weighted by molar-refractivity contribution is 14.1. The summed E-state index contributed by atoms with van der Waals surface area (Å²) in [6.45, 7) is 24.3. The molecule has 26 heavy (non-hydrogen) atoms. The first-order valence-electron chi connectivity index (χ1n) is 9.28. The SMILES string of the molecule is CCN(CC)C(=O)C(/C=C(\I)CO[Si](C)(C)C(C)(C)C)=C(/I)[Si](C)(C)C. The second-order valence-corrected chi connectivity index (χ2v) is 22.4. The fourth-order valence-electron chi connectivity index (χ4n) is 1.97. The Kier molecular flexibility index (Phi) is 10.9. The molecule has 7 heteroatoms. The molecule has 0 N–H and O–H groups in total. The molecule has 0 aromatic heterocycles. The molecule has 0 rings (SSSR count). The molecular weight excluding hydrogens is 584 g/mol. The normalized spacial score (nSPS) is 15.0. The van der Waals surface area contributed by atoms with Gasteiger partial charge in [0.2, 0.25) is 0 Å². The Balaban J connectivity index is 5.75. The van der Waals surface area contributed by atoms with E-state index in [1.54, 1.807) is 0 Å². The van der Waals surface area contributed by atoms with Crippen LogP contribution in [-0.4, -0.2) is 46.9 Å². The summed E-state index contributed by atoms with van der Waals surface area (Å²) in [5.74, 6) is 0.142. The van der Waals surface area contributed by atoms with Crippen LogP contribution in [0.3, 0.4) is 0 Å². The Morgan fingerprint density at radius 1 is 1.04 bits per heavy atom. The smallest absolute Gasteiger partial charge is 0.254 e. The van der Waals surface area contributed by atoms with Crippen LogP contribution in [0.25, 0.3) is 0 Å². The number of carbonyl (C=O) groups excluding carboxylic acids is 1. The monoisotopic (exact) mass is 621 g/mol. The molecule has 0 bridgehead atoms. The van der Waals surface area contributed by atoms with Gasteiger partial charge in [0.15, 0.2) is 8.32 Å². The van der Waals surface area contributed by atoms with Crippen molar-refractivity contribution in [3.63, 3.8) is 0 Å². The van der Waals surface area contributed by atoms with Crippen molar-refractivity contribution in [1.82, 2.24) is 4.90 Å². The summed E-state index contributed by atoms with van der Waals surface area (Å²) in [5.41, 5.74) is 0.858. The molecule has 0 aliphatic carbocycles. The maximum absolute atomic E-state index is 13.1. The van der Waals surface area contributed by atoms with Crippen LogP contribution in [0.15, 0.2) is 18.4 Å². The molecule has 0 unspecified atom stereocenters. The Morgan fingerprint density at radius 3 is 1.85 bits per heavy atom. The summed E-state index contributed by atoms with van der Waals surface area (Å²) in [6.07, 6.45) is 2.06. The second-order valence-electron chi connectivity index (χ2n) is 9.10. The van der Waals surface area contributed by atoms with Crippen LogP contribution in [0, 0.1) is 0 Å². The van der Waals surface area contributed by atoms with Gasteiger partial charge < -0.3 is 9.33 Å². The van der Waals surface area contributed by atoms with Gasteiger partial charge in [-0.15, -0.1) is 0 Å². The molecule has 0 fully saturated rings. The van der Waals surface area contributed by atoms with E-state index in [2.05, 4.69) is 105 Å². The lowest BCUT2D eigenvalue weighted by atomic mass is 10.2. The molecule has 0 aliphatic heterocycles. The van der Waals surface area contributed by atoms with E-state index in [9.17, 15) is 4.79 Å². The van der Waals surface area contributed by atoms with Gasteiger partial charge in [-0.1, -0.05) is 63.0 Å². The van der Waals surface area contributed by atoms with Crippen molar-refractivity contribution in [2.45, 2.75) is 72.4 Å². The number of halogens is 2. The van der Waals surface area contributed by atoms with Crippen molar-refractivity contribution >= 4 is 67.5 Å². The number of carbonyl (C=O) groups is 1. The Labute approximate surface area is 190 Å². The maximum Gasteiger partial charge on any atom is 0.254 e. The van der Waals surface area contributed by atoms with Gasteiger partial charge in [-0.3, -0.25) is 4.79 Å². The summed E-state index contributed by atoms with van der Waals surface area (Å²) in [6, 6.07) is 0. The van der Waals surface area contributed by atoms with Gasteiger partial charge in [0.1, 0.15) is 0 Å². The van der Waals surface area contributed by atoms with Crippen LogP contribution in [-0.2, 0) is 9.22 Å². The predicted octanol–water partition coefficient (Wildman–Crippen LogP) is 6.76. The topological polar surface area (TPSA) is 29.5 Å². The Morgan fingerprint density at radius 2 is 1.50 bits per heavy atom. The molecule has 1 amide bonds. The minimum absolute atomic E-state index is 0.142. The first-order chi connectivity index (χ1) is 11.6. The molecule has 0 saturated carbocycles. The van der Waals surface area contributed by atoms with Gasteiger partial charge in [0.05, 0.1) is 14.7 Å². The molecule has 0 spiro atoms. The average Bonchev–Trinajstić information content (AvgIpc) is 2.49. The molecule has 0 aromatic carbocycles. The van der Waals surface area contributed by atoms with Crippen molar-refractivity contribution in [3.8, 4) is 0 Å². The summed E-state index contributed by atoms with van der Waals surface area (Å²) in [4.78, 5) is 15.0. The number of nitrogens with zero attached hydrogens (tertiary/aromatic N) is 1. The van der Waals surface area contributed by atoms with Gasteiger partial charge >= 0.3 is 0 Å². The van der Waals surface area contributed by atoms with Crippen molar-refractivity contribution < 1.29 is 9.22 Å². The van der Waals surface area contributed by atoms with Crippen molar-refractivity contribution in [2.24, 2.45) is 0 Å². The number of hydrogen-bond donors (Lipinski definition) is 0. The van der Waals surface area contributed by atoms with E-state index in [-0.39, 0.29) is 10.9 Å². The van der Waals surface area contributed by atoms with E-state index in [1.807, 2.05) is 18.7 Å². The lowest BCUT2D eigenvalue weighted by Crippen LogP contribution is -2.41. The van der Waals surface area contributed by atoms with E-state index < -0.39 is 16.4 Å². The van der Waals surface area contributed by atoms with Crippen LogP contribution >= 0.6 is 45.2 Å². The Hall–Kier alpha value is 0.804. The minimum Gasteiger partial charge on any atom is -0.412 e. The van der Waals surface area contributed by atoms with Crippen molar-refractivity contribution in [2.75, 3.05) is 19.7 Å². The van der Waals surface area contributed by atoms with E-state index in [0.29, 0.717) is 6.61 Å². The van der Waals surface area contributed by atoms with Crippen molar-refractivity contribution in [1.29, 1.82) is 0 Å². The first kappa shape index (κ1) is 26.8. The highest BCUT2D eigenvalue weighted by Crippen LogP contribution is 2.37. The minimum atomic E-state index is -1.80.